The summed E-state index contributed by atoms with van der Waals surface area (Å²) in [7, 11) is 0. The van der Waals surface area contributed by atoms with Crippen molar-refractivity contribution < 1.29 is 18.7 Å². The van der Waals surface area contributed by atoms with Crippen molar-refractivity contribution in [2.45, 2.75) is 13.3 Å². The first-order valence-corrected chi connectivity index (χ1v) is 6.83. The Kier molecular flexibility index (Phi) is 5.17. The molecule has 110 valence electrons. The fourth-order valence-corrected chi connectivity index (χ4v) is 1.99. The van der Waals surface area contributed by atoms with Crippen LogP contribution in [0.1, 0.15) is 12.5 Å². The van der Waals surface area contributed by atoms with Crippen LogP contribution in [-0.4, -0.2) is 12.6 Å². The molecule has 0 aliphatic carbocycles. The first-order valence-electron chi connectivity index (χ1n) is 6.46. The molecule has 2 aromatic rings. The predicted octanol–water partition coefficient (Wildman–Crippen LogP) is 4.38. The molecule has 0 radical (unpaired) electrons. The van der Waals surface area contributed by atoms with E-state index in [0.717, 1.165) is 5.56 Å². The molecular weight excluding hydrogens is 295 g/mol. The van der Waals surface area contributed by atoms with E-state index in [1.165, 1.54) is 24.3 Å². The van der Waals surface area contributed by atoms with Crippen molar-refractivity contribution in [3.8, 4) is 11.5 Å². The van der Waals surface area contributed by atoms with Crippen LogP contribution in [0.3, 0.4) is 0 Å². The Morgan fingerprint density at radius 2 is 1.90 bits per heavy atom. The highest BCUT2D eigenvalue weighted by molar-refractivity contribution is 6.32. The molecule has 0 heterocycles. The van der Waals surface area contributed by atoms with Gasteiger partial charge in [0, 0.05) is 0 Å². The smallest absolute Gasteiger partial charge is 0.310 e. The Balaban J connectivity index is 2.08. The van der Waals surface area contributed by atoms with Gasteiger partial charge in [0.15, 0.2) is 0 Å². The van der Waals surface area contributed by atoms with Crippen LogP contribution in [0.5, 0.6) is 11.5 Å². The van der Waals surface area contributed by atoms with E-state index >= 15 is 0 Å². The number of rotatable bonds is 5. The summed E-state index contributed by atoms with van der Waals surface area (Å²) in [6.07, 6.45) is 0.157. The first kappa shape index (κ1) is 15.3. The molecule has 0 saturated heterocycles. The number of benzene rings is 2. The summed E-state index contributed by atoms with van der Waals surface area (Å²) >= 11 is 6.12. The van der Waals surface area contributed by atoms with Gasteiger partial charge in [-0.25, -0.2) is 4.39 Å². The number of carbonyl (C=O) groups excluding carboxylic acids is 1. The van der Waals surface area contributed by atoms with E-state index in [1.807, 2.05) is 0 Å². The fourth-order valence-electron chi connectivity index (χ4n) is 1.75. The lowest BCUT2D eigenvalue weighted by Crippen LogP contribution is -2.07. The lowest BCUT2D eigenvalue weighted by molar-refractivity contribution is -0.142. The Hall–Kier alpha value is -2.07. The molecular formula is C16H14ClFO3. The minimum atomic E-state index is -0.335. The number of halogens is 2. The van der Waals surface area contributed by atoms with Crippen molar-refractivity contribution in [1.29, 1.82) is 0 Å². The summed E-state index contributed by atoms with van der Waals surface area (Å²) in [4.78, 5) is 11.4. The standard InChI is InChI=1S/C16H14ClFO3/c1-2-20-16(19)10-11-3-8-15(14(17)9-11)21-13-6-4-12(18)5-7-13/h3-9H,2,10H2,1H3. The summed E-state index contributed by atoms with van der Waals surface area (Å²) in [5, 5.41) is 0.376. The van der Waals surface area contributed by atoms with Crippen LogP contribution in [0.15, 0.2) is 42.5 Å². The second-order valence-corrected chi connectivity index (χ2v) is 4.71. The van der Waals surface area contributed by atoms with Crippen LogP contribution in [-0.2, 0) is 16.0 Å². The van der Waals surface area contributed by atoms with Gasteiger partial charge in [0.25, 0.3) is 0 Å². The molecule has 0 aliphatic heterocycles. The Morgan fingerprint density at radius 1 is 1.19 bits per heavy atom. The molecule has 0 N–H and O–H groups in total. The van der Waals surface area contributed by atoms with Crippen LogP contribution in [0.4, 0.5) is 4.39 Å². The Labute approximate surface area is 127 Å². The summed E-state index contributed by atoms with van der Waals surface area (Å²) in [6.45, 7) is 2.10. The molecule has 0 saturated carbocycles. The van der Waals surface area contributed by atoms with Crippen molar-refractivity contribution in [3.05, 3.63) is 58.9 Å². The molecule has 2 aromatic carbocycles. The van der Waals surface area contributed by atoms with Crippen molar-refractivity contribution in [2.24, 2.45) is 0 Å². The van der Waals surface area contributed by atoms with Gasteiger partial charge in [-0.3, -0.25) is 4.79 Å². The van der Waals surface area contributed by atoms with Crippen molar-refractivity contribution in [3.63, 3.8) is 0 Å². The van der Waals surface area contributed by atoms with Gasteiger partial charge in [0.05, 0.1) is 18.1 Å². The third kappa shape index (κ3) is 4.46. The number of ether oxygens (including phenoxy) is 2. The fraction of sp³-hybridized carbons (Fsp3) is 0.188. The van der Waals surface area contributed by atoms with E-state index in [9.17, 15) is 9.18 Å². The van der Waals surface area contributed by atoms with E-state index in [4.69, 9.17) is 21.1 Å². The molecule has 0 bridgehead atoms. The number of esters is 1. The van der Waals surface area contributed by atoms with Gasteiger partial charge < -0.3 is 9.47 Å². The van der Waals surface area contributed by atoms with Crippen LogP contribution >= 0.6 is 11.6 Å². The Morgan fingerprint density at radius 3 is 2.52 bits per heavy atom. The number of hydrogen-bond acceptors (Lipinski definition) is 3. The number of carbonyl (C=O) groups is 1. The number of hydrogen-bond donors (Lipinski definition) is 0. The van der Waals surface area contributed by atoms with Gasteiger partial charge in [-0.15, -0.1) is 0 Å². The largest absolute Gasteiger partial charge is 0.466 e. The van der Waals surface area contributed by atoms with E-state index in [-0.39, 0.29) is 18.2 Å². The zero-order chi connectivity index (χ0) is 15.2. The average Bonchev–Trinajstić information content (AvgIpc) is 2.44. The maximum atomic E-state index is 12.8. The van der Waals surface area contributed by atoms with Gasteiger partial charge in [-0.05, 0) is 48.9 Å². The second-order valence-electron chi connectivity index (χ2n) is 4.30. The molecule has 2 rings (SSSR count). The third-order valence-corrected chi connectivity index (χ3v) is 2.99. The first-order chi connectivity index (χ1) is 10.1. The SMILES string of the molecule is CCOC(=O)Cc1ccc(Oc2ccc(F)cc2)c(Cl)c1. The monoisotopic (exact) mass is 308 g/mol. The molecule has 3 nitrogen and oxygen atoms in total. The lowest BCUT2D eigenvalue weighted by Gasteiger charge is -2.09. The van der Waals surface area contributed by atoms with Gasteiger partial charge in [0.1, 0.15) is 17.3 Å². The zero-order valence-electron chi connectivity index (χ0n) is 11.4. The van der Waals surface area contributed by atoms with Crippen LogP contribution in [0.2, 0.25) is 5.02 Å². The predicted molar refractivity (Wildman–Crippen MR) is 78.3 cm³/mol. The molecule has 0 spiro atoms. The molecule has 0 fully saturated rings. The molecule has 0 aromatic heterocycles. The van der Waals surface area contributed by atoms with Crippen molar-refractivity contribution in [1.82, 2.24) is 0 Å². The van der Waals surface area contributed by atoms with Gasteiger partial charge in [-0.1, -0.05) is 17.7 Å². The lowest BCUT2D eigenvalue weighted by atomic mass is 10.1. The van der Waals surface area contributed by atoms with Crippen LogP contribution < -0.4 is 4.74 Å². The molecule has 0 aliphatic rings. The molecule has 0 unspecified atom stereocenters. The molecule has 5 heteroatoms. The van der Waals surface area contributed by atoms with Crippen molar-refractivity contribution >= 4 is 17.6 Å². The van der Waals surface area contributed by atoms with E-state index < -0.39 is 0 Å². The highest BCUT2D eigenvalue weighted by Gasteiger charge is 2.08. The topological polar surface area (TPSA) is 35.5 Å². The van der Waals surface area contributed by atoms with Crippen LogP contribution in [0.25, 0.3) is 0 Å². The van der Waals surface area contributed by atoms with Crippen molar-refractivity contribution in [2.75, 3.05) is 6.61 Å². The summed E-state index contributed by atoms with van der Waals surface area (Å²) in [5.74, 6) is 0.284. The summed E-state index contributed by atoms with van der Waals surface area (Å²) in [5.41, 5.74) is 0.741. The molecule has 21 heavy (non-hydrogen) atoms. The summed E-state index contributed by atoms with van der Waals surface area (Å²) in [6, 6.07) is 10.7. The van der Waals surface area contributed by atoms with Gasteiger partial charge >= 0.3 is 5.97 Å². The minimum Gasteiger partial charge on any atom is -0.466 e. The van der Waals surface area contributed by atoms with E-state index in [1.54, 1.807) is 25.1 Å². The zero-order valence-corrected chi connectivity index (χ0v) is 12.2. The molecule has 0 atom stereocenters. The normalized spacial score (nSPS) is 10.2. The quantitative estimate of drug-likeness (QED) is 0.769. The molecule has 0 amide bonds. The van der Waals surface area contributed by atoms with Gasteiger partial charge in [0.2, 0.25) is 0 Å². The van der Waals surface area contributed by atoms with E-state index in [2.05, 4.69) is 0 Å². The average molecular weight is 309 g/mol. The highest BCUT2D eigenvalue weighted by Crippen LogP contribution is 2.30. The third-order valence-electron chi connectivity index (χ3n) is 2.69. The maximum Gasteiger partial charge on any atom is 0.310 e. The van der Waals surface area contributed by atoms with Crippen LogP contribution in [0, 0.1) is 5.82 Å². The Bertz CT molecular complexity index is 626. The highest BCUT2D eigenvalue weighted by atomic mass is 35.5. The second kappa shape index (κ2) is 7.09. The van der Waals surface area contributed by atoms with Gasteiger partial charge in [-0.2, -0.15) is 0 Å². The minimum absolute atomic E-state index is 0.157. The summed E-state index contributed by atoms with van der Waals surface area (Å²) < 4.78 is 23.2. The maximum absolute atomic E-state index is 12.8. The van der Waals surface area contributed by atoms with E-state index in [0.29, 0.717) is 23.1 Å².